The van der Waals surface area contributed by atoms with Crippen molar-refractivity contribution in [3.05, 3.63) is 38.3 Å². The van der Waals surface area contributed by atoms with Crippen LogP contribution in [0.2, 0.25) is 0 Å². The van der Waals surface area contributed by atoms with Crippen molar-refractivity contribution in [2.45, 2.75) is 95.2 Å². The number of methoxy groups -OCH3 is 1. The van der Waals surface area contributed by atoms with Crippen molar-refractivity contribution in [1.82, 2.24) is 31.9 Å². The molecular formula is C40H64N10O13S. The van der Waals surface area contributed by atoms with Gasteiger partial charge in [-0.1, -0.05) is 25.4 Å². The van der Waals surface area contributed by atoms with E-state index >= 15 is 0 Å². The molecule has 0 saturated carbocycles. The maximum atomic E-state index is 12.8. The quantitative estimate of drug-likeness (QED) is 0.0112. The average Bonchev–Trinajstić information content (AvgIpc) is 3.82. The topological polar surface area (TPSA) is 305 Å². The summed E-state index contributed by atoms with van der Waals surface area (Å²) in [5.41, 5.74) is 8.02. The second-order valence-electron chi connectivity index (χ2n) is 15.2. The lowest BCUT2D eigenvalue weighted by molar-refractivity contribution is -0.386. The van der Waals surface area contributed by atoms with E-state index in [0.717, 1.165) is 31.1 Å². The number of nitro benzene ring substituents is 1. The number of carbonyl (C=O) groups excluding carboxylic acids is 5. The summed E-state index contributed by atoms with van der Waals surface area (Å²) in [7, 11) is 1.35. The predicted octanol–water partition coefficient (Wildman–Crippen LogP) is 3.40. The molecule has 0 aromatic heterocycles. The van der Waals surface area contributed by atoms with Gasteiger partial charge in [-0.3, -0.25) is 24.5 Å². The van der Waals surface area contributed by atoms with Crippen molar-refractivity contribution in [2.24, 2.45) is 11.0 Å². The number of unbranched alkanes of at least 4 members (excludes halogenated alkanes) is 1. The molecular weight excluding hydrogens is 861 g/mol. The van der Waals surface area contributed by atoms with Crippen LogP contribution in [-0.4, -0.2) is 143 Å². The summed E-state index contributed by atoms with van der Waals surface area (Å²) in [4.78, 5) is 75.4. The van der Waals surface area contributed by atoms with E-state index in [1.807, 2.05) is 11.8 Å². The lowest BCUT2D eigenvalue weighted by atomic mass is 10.0. The van der Waals surface area contributed by atoms with Gasteiger partial charge >= 0.3 is 12.1 Å². The number of nitrogens with zero attached hydrogens (tertiary/aromatic N) is 4. The third-order valence-electron chi connectivity index (χ3n) is 10.0. The van der Waals surface area contributed by atoms with Crippen LogP contribution < -0.4 is 41.4 Å². The molecule has 0 aliphatic carbocycles. The van der Waals surface area contributed by atoms with Gasteiger partial charge in [0.05, 0.1) is 82.0 Å². The third-order valence-corrected chi connectivity index (χ3v) is 11.5. The number of benzene rings is 1. The van der Waals surface area contributed by atoms with Crippen molar-refractivity contribution < 1.29 is 57.3 Å². The van der Waals surface area contributed by atoms with Crippen LogP contribution in [0.4, 0.5) is 15.3 Å². The van der Waals surface area contributed by atoms with Crippen molar-refractivity contribution in [3.8, 4) is 11.5 Å². The summed E-state index contributed by atoms with van der Waals surface area (Å²) in [6, 6.07) is 1.85. The van der Waals surface area contributed by atoms with E-state index in [0.29, 0.717) is 64.1 Å². The molecule has 0 bridgehead atoms. The molecule has 1 unspecified atom stereocenters. The van der Waals surface area contributed by atoms with Gasteiger partial charge in [-0.2, -0.15) is 11.8 Å². The Labute approximate surface area is 377 Å². The van der Waals surface area contributed by atoms with Crippen LogP contribution in [0.25, 0.3) is 10.4 Å². The summed E-state index contributed by atoms with van der Waals surface area (Å²) in [6.45, 7) is 8.17. The number of urea groups is 1. The van der Waals surface area contributed by atoms with Gasteiger partial charge in [0.15, 0.2) is 11.5 Å². The van der Waals surface area contributed by atoms with Crippen molar-refractivity contribution in [3.63, 3.8) is 0 Å². The van der Waals surface area contributed by atoms with Crippen LogP contribution in [-0.2, 0) is 33.3 Å². The number of carbonyl (C=O) groups is 5. The zero-order chi connectivity index (χ0) is 46.7. The Kier molecular flexibility index (Phi) is 24.8. The van der Waals surface area contributed by atoms with Gasteiger partial charge in [0.25, 0.3) is 5.69 Å². The minimum Gasteiger partial charge on any atom is -0.493 e. The highest BCUT2D eigenvalue weighted by Gasteiger charge is 2.42. The average molecular weight is 925 g/mol. The summed E-state index contributed by atoms with van der Waals surface area (Å²) < 4.78 is 33.0. The Morgan fingerprint density at radius 2 is 1.55 bits per heavy atom. The molecule has 0 radical (unpaired) electrons. The molecule has 2 fully saturated rings. The van der Waals surface area contributed by atoms with Gasteiger partial charge < -0.3 is 60.3 Å². The van der Waals surface area contributed by atoms with Gasteiger partial charge in [0.1, 0.15) is 12.1 Å². The highest BCUT2D eigenvalue weighted by molar-refractivity contribution is 8.00. The van der Waals surface area contributed by atoms with Gasteiger partial charge in [-0.05, 0) is 50.1 Å². The van der Waals surface area contributed by atoms with Gasteiger partial charge in [0, 0.05) is 54.9 Å². The van der Waals surface area contributed by atoms with Gasteiger partial charge in [-0.15, -0.1) is 0 Å². The molecule has 2 saturated heterocycles. The van der Waals surface area contributed by atoms with E-state index in [2.05, 4.69) is 41.9 Å². The molecule has 3 rings (SSSR count). The number of azide groups is 1. The van der Waals surface area contributed by atoms with Crippen molar-refractivity contribution in [1.29, 1.82) is 0 Å². The number of nitrogens with one attached hydrogen (secondary N) is 6. The van der Waals surface area contributed by atoms with Crippen molar-refractivity contribution in [2.75, 3.05) is 85.3 Å². The van der Waals surface area contributed by atoms with E-state index in [1.165, 1.54) is 20.1 Å². The molecule has 1 aromatic rings. The highest BCUT2D eigenvalue weighted by Crippen LogP contribution is 2.39. The molecule has 1 aromatic carbocycles. The van der Waals surface area contributed by atoms with E-state index in [1.54, 1.807) is 13.8 Å². The smallest absolute Gasteiger partial charge is 0.408 e. The minimum atomic E-state index is -1.12. The maximum Gasteiger partial charge on any atom is 0.408 e. The minimum absolute atomic E-state index is 0.00484. The number of hydrogen-bond donors (Lipinski definition) is 6. The molecule has 358 valence electrons. The Morgan fingerprint density at radius 1 is 0.891 bits per heavy atom. The molecule has 24 heteroatoms. The number of fused-ring (bicyclic) bond motifs is 1. The standard InChI is InChI=1S/C40H64N10O13S/c1-26(2)36(38(53)44-12-8-13-45-49-41)48-40(55)63-27(3)28-23-31(58-4)32(24-30(28)50(56)57)62-16-7-11-35(52)43-15-18-60-20-22-61-21-19-59-17-14-42-34(51)10-6-5-9-33-37-29(25-64-33)46-39(54)47-37/h23-24,26-27,29,33,36-37H,5-22,25H2,1-4H3,(H,42,51)(H,43,52)(H,44,53)(H,48,55)(H2,46,47,54)/t27?,29-,33-,36-,37-/m0/s1. The van der Waals surface area contributed by atoms with Crippen LogP contribution in [0.5, 0.6) is 11.5 Å². The van der Waals surface area contributed by atoms with E-state index < -0.39 is 29.1 Å². The van der Waals surface area contributed by atoms with Crippen LogP contribution in [0.15, 0.2) is 17.2 Å². The maximum absolute atomic E-state index is 12.8. The first-order valence-corrected chi connectivity index (χ1v) is 22.6. The summed E-state index contributed by atoms with van der Waals surface area (Å²) in [5.74, 6) is 0.120. The molecule has 23 nitrogen and oxygen atoms in total. The molecule has 6 N–H and O–H groups in total. The Balaban J connectivity index is 1.21. The summed E-state index contributed by atoms with van der Waals surface area (Å²) in [5, 5.41) is 32.5. The largest absolute Gasteiger partial charge is 0.493 e. The number of nitro groups is 1. The lowest BCUT2D eigenvalue weighted by Gasteiger charge is -2.23. The molecule has 0 spiro atoms. The molecule has 2 heterocycles. The van der Waals surface area contributed by atoms with E-state index in [9.17, 15) is 34.1 Å². The first kappa shape index (κ1) is 53.1. The SMILES string of the molecule is COc1cc(C(C)OC(=O)N[C@H](C(=O)NCCCN=[N+]=[N-])C(C)C)c([N+](=O)[O-])cc1OCCCC(=O)NCCOCCOCCOCCNC(=O)CCCC[C@@H]1SC[C@@H]2NC(=O)N[C@@H]21. The Hall–Kier alpha value is -5.29. The zero-order valence-electron chi connectivity index (χ0n) is 37.1. The molecule has 5 atom stereocenters. The zero-order valence-corrected chi connectivity index (χ0v) is 37.9. The normalized spacial score (nSPS) is 17.2. The summed E-state index contributed by atoms with van der Waals surface area (Å²) in [6.07, 6.45) is 1.92. The fourth-order valence-corrected chi connectivity index (χ4v) is 8.23. The number of rotatable bonds is 33. The van der Waals surface area contributed by atoms with Gasteiger partial charge in [-0.25, -0.2) is 9.59 Å². The number of amides is 6. The Bertz CT molecular complexity index is 1720. The predicted molar refractivity (Wildman–Crippen MR) is 235 cm³/mol. The fraction of sp³-hybridized carbons (Fsp3) is 0.725. The lowest BCUT2D eigenvalue weighted by Crippen LogP contribution is -2.50. The molecule has 64 heavy (non-hydrogen) atoms. The Morgan fingerprint density at radius 3 is 2.17 bits per heavy atom. The second kappa shape index (κ2) is 30.0. The highest BCUT2D eigenvalue weighted by atomic mass is 32.2. The van der Waals surface area contributed by atoms with Crippen LogP contribution in [0.1, 0.15) is 77.4 Å². The van der Waals surface area contributed by atoms with Crippen LogP contribution in [0.3, 0.4) is 0 Å². The van der Waals surface area contributed by atoms with Crippen LogP contribution >= 0.6 is 11.8 Å². The fourth-order valence-electron chi connectivity index (χ4n) is 6.69. The van der Waals surface area contributed by atoms with Crippen LogP contribution in [0, 0.1) is 16.0 Å². The first-order chi connectivity index (χ1) is 30.8. The first-order valence-electron chi connectivity index (χ1n) is 21.5. The second-order valence-corrected chi connectivity index (χ2v) is 16.5. The number of thioether (sulfide) groups is 1. The molecule has 6 amide bonds. The summed E-state index contributed by atoms with van der Waals surface area (Å²) >= 11 is 1.87. The third kappa shape index (κ3) is 19.6. The molecule has 2 aliphatic rings. The monoisotopic (exact) mass is 924 g/mol. The van der Waals surface area contributed by atoms with Gasteiger partial charge in [0.2, 0.25) is 17.7 Å². The number of hydrogen-bond acceptors (Lipinski definition) is 15. The van der Waals surface area contributed by atoms with E-state index in [4.69, 9.17) is 34.0 Å². The number of ether oxygens (including phenoxy) is 6. The van der Waals surface area contributed by atoms with Crippen molar-refractivity contribution >= 4 is 47.3 Å². The van der Waals surface area contributed by atoms with E-state index in [-0.39, 0.29) is 97.9 Å². The number of alkyl carbamates (subject to hydrolysis) is 1. The molecule has 2 aliphatic heterocycles.